The molecule has 3 nitrogen and oxygen atoms in total. The van der Waals surface area contributed by atoms with Gasteiger partial charge in [-0.25, -0.2) is 0 Å². The van der Waals surface area contributed by atoms with E-state index in [1.807, 2.05) is 0 Å². The van der Waals surface area contributed by atoms with E-state index < -0.39 is 0 Å². The molecule has 1 aliphatic rings. The van der Waals surface area contributed by atoms with Gasteiger partial charge in [-0.15, -0.1) is 0 Å². The molecule has 0 saturated heterocycles. The quantitative estimate of drug-likeness (QED) is 0.650. The number of methoxy groups -OCH3 is 1. The Hall–Kier alpha value is -0.120. The van der Waals surface area contributed by atoms with Crippen molar-refractivity contribution >= 4 is 0 Å². The lowest BCUT2D eigenvalue weighted by molar-refractivity contribution is 0.181. The highest BCUT2D eigenvalue weighted by molar-refractivity contribution is 4.73. The molecule has 0 atom stereocenters. The first-order valence-electron chi connectivity index (χ1n) is 6.24. The molecule has 0 aromatic carbocycles. The Morgan fingerprint density at radius 2 is 1.93 bits per heavy atom. The molecule has 0 unspecified atom stereocenters. The van der Waals surface area contributed by atoms with Gasteiger partial charge < -0.3 is 15.0 Å². The van der Waals surface area contributed by atoms with Crippen LogP contribution in [0.25, 0.3) is 0 Å². The summed E-state index contributed by atoms with van der Waals surface area (Å²) in [6, 6.07) is 0.836. The van der Waals surface area contributed by atoms with Gasteiger partial charge in [-0.2, -0.15) is 0 Å². The van der Waals surface area contributed by atoms with Gasteiger partial charge in [0.1, 0.15) is 0 Å². The molecule has 0 bridgehead atoms. The van der Waals surface area contributed by atoms with Gasteiger partial charge >= 0.3 is 0 Å². The van der Waals surface area contributed by atoms with Crippen molar-refractivity contribution in [2.24, 2.45) is 0 Å². The smallest absolute Gasteiger partial charge is 0.0587 e. The number of likely N-dealkylation sites (N-methyl/N-ethyl adjacent to an activating group) is 1. The second-order valence-electron chi connectivity index (χ2n) is 4.52. The Bertz CT molecular complexity index is 147. The summed E-state index contributed by atoms with van der Waals surface area (Å²) in [5, 5.41) is 3.39. The molecule has 0 heterocycles. The summed E-state index contributed by atoms with van der Waals surface area (Å²) >= 11 is 0. The van der Waals surface area contributed by atoms with Gasteiger partial charge in [0, 0.05) is 32.8 Å². The maximum absolute atomic E-state index is 4.99. The van der Waals surface area contributed by atoms with Crippen LogP contribution in [0, 0.1) is 0 Å². The Morgan fingerprint density at radius 3 is 2.60 bits per heavy atom. The van der Waals surface area contributed by atoms with E-state index in [1.165, 1.54) is 32.1 Å². The molecule has 0 amide bonds. The zero-order valence-corrected chi connectivity index (χ0v) is 10.3. The summed E-state index contributed by atoms with van der Waals surface area (Å²) in [6.07, 6.45) is 7.08. The van der Waals surface area contributed by atoms with Crippen molar-refractivity contribution in [2.45, 2.75) is 38.1 Å². The minimum absolute atomic E-state index is 0.813. The van der Waals surface area contributed by atoms with Crippen LogP contribution >= 0.6 is 0 Å². The predicted molar refractivity (Wildman–Crippen MR) is 64.2 cm³/mol. The Kier molecular flexibility index (Phi) is 6.98. The average molecular weight is 214 g/mol. The molecular formula is C12H26N2O. The topological polar surface area (TPSA) is 24.5 Å². The lowest BCUT2D eigenvalue weighted by Crippen LogP contribution is -2.38. The zero-order chi connectivity index (χ0) is 10.9. The van der Waals surface area contributed by atoms with Crippen LogP contribution in [-0.2, 0) is 4.74 Å². The molecule has 3 heteroatoms. The molecule has 1 saturated carbocycles. The average Bonchev–Trinajstić information content (AvgIpc) is 2.30. The van der Waals surface area contributed by atoms with Crippen LogP contribution in [0.15, 0.2) is 0 Å². The van der Waals surface area contributed by atoms with Gasteiger partial charge in [-0.3, -0.25) is 0 Å². The first-order valence-corrected chi connectivity index (χ1v) is 6.24. The van der Waals surface area contributed by atoms with Crippen molar-refractivity contribution < 1.29 is 4.74 Å². The molecule has 1 aliphatic carbocycles. The summed E-state index contributed by atoms with van der Waals surface area (Å²) in [5.41, 5.74) is 0. The molecule has 90 valence electrons. The lowest BCUT2D eigenvalue weighted by atomic mass is 9.94. The highest BCUT2D eigenvalue weighted by Crippen LogP contribution is 2.20. The number of nitrogens with zero attached hydrogens (tertiary/aromatic N) is 1. The lowest BCUT2D eigenvalue weighted by Gasteiger charge is -2.31. The third-order valence-corrected chi connectivity index (χ3v) is 3.32. The van der Waals surface area contributed by atoms with E-state index in [1.54, 1.807) is 7.11 Å². The van der Waals surface area contributed by atoms with Crippen molar-refractivity contribution in [3.05, 3.63) is 0 Å². The Balaban J connectivity index is 1.99. The predicted octanol–water partition coefficient (Wildman–Crippen LogP) is 1.49. The third-order valence-electron chi connectivity index (χ3n) is 3.32. The molecule has 0 spiro atoms. The maximum Gasteiger partial charge on any atom is 0.0587 e. The number of hydrogen-bond donors (Lipinski definition) is 1. The van der Waals surface area contributed by atoms with Crippen LogP contribution in [-0.4, -0.2) is 51.3 Å². The molecule has 0 aliphatic heterocycles. The van der Waals surface area contributed by atoms with E-state index in [0.29, 0.717) is 0 Å². The zero-order valence-electron chi connectivity index (χ0n) is 10.3. The minimum Gasteiger partial charge on any atom is -0.383 e. The van der Waals surface area contributed by atoms with E-state index in [4.69, 9.17) is 4.74 Å². The van der Waals surface area contributed by atoms with Crippen LogP contribution in [0.2, 0.25) is 0 Å². The van der Waals surface area contributed by atoms with Gasteiger partial charge in [0.15, 0.2) is 0 Å². The summed E-state index contributed by atoms with van der Waals surface area (Å²) < 4.78 is 4.99. The third kappa shape index (κ3) is 5.50. The van der Waals surface area contributed by atoms with Gasteiger partial charge in [0.2, 0.25) is 0 Å². The normalized spacial score (nSPS) is 18.6. The van der Waals surface area contributed by atoms with Crippen molar-refractivity contribution in [2.75, 3.05) is 40.4 Å². The fraction of sp³-hybridized carbons (Fsp3) is 1.00. The van der Waals surface area contributed by atoms with Crippen LogP contribution in [0.5, 0.6) is 0 Å². The number of nitrogens with one attached hydrogen (secondary N) is 1. The molecule has 0 aromatic heterocycles. The molecule has 15 heavy (non-hydrogen) atoms. The highest BCUT2D eigenvalue weighted by atomic mass is 16.5. The summed E-state index contributed by atoms with van der Waals surface area (Å²) in [4.78, 5) is 2.51. The first kappa shape index (κ1) is 12.9. The van der Waals surface area contributed by atoms with Gasteiger partial charge in [0.25, 0.3) is 0 Å². The van der Waals surface area contributed by atoms with Gasteiger partial charge in [0.05, 0.1) is 6.61 Å². The summed E-state index contributed by atoms with van der Waals surface area (Å²) in [6.45, 7) is 4.02. The monoisotopic (exact) mass is 214 g/mol. The fourth-order valence-corrected chi connectivity index (χ4v) is 2.26. The number of hydrogen-bond acceptors (Lipinski definition) is 3. The van der Waals surface area contributed by atoms with E-state index in [0.717, 1.165) is 32.3 Å². The fourth-order valence-electron chi connectivity index (χ4n) is 2.26. The van der Waals surface area contributed by atoms with Crippen molar-refractivity contribution in [1.29, 1.82) is 0 Å². The number of ether oxygens (including phenoxy) is 1. The Morgan fingerprint density at radius 1 is 1.20 bits per heavy atom. The van der Waals surface area contributed by atoms with Crippen molar-refractivity contribution in [3.63, 3.8) is 0 Å². The van der Waals surface area contributed by atoms with Gasteiger partial charge in [-0.05, 0) is 19.9 Å². The van der Waals surface area contributed by atoms with E-state index in [-0.39, 0.29) is 0 Å². The second-order valence-corrected chi connectivity index (χ2v) is 4.52. The molecule has 0 radical (unpaired) electrons. The van der Waals surface area contributed by atoms with Crippen LogP contribution in [0.1, 0.15) is 32.1 Å². The molecule has 1 fully saturated rings. The van der Waals surface area contributed by atoms with Gasteiger partial charge in [-0.1, -0.05) is 19.3 Å². The van der Waals surface area contributed by atoms with Crippen LogP contribution < -0.4 is 5.32 Å². The molecule has 1 N–H and O–H groups in total. The summed E-state index contributed by atoms with van der Waals surface area (Å²) in [7, 11) is 4.00. The highest BCUT2D eigenvalue weighted by Gasteiger charge is 2.16. The van der Waals surface area contributed by atoms with E-state index >= 15 is 0 Å². The van der Waals surface area contributed by atoms with Crippen molar-refractivity contribution in [1.82, 2.24) is 10.2 Å². The van der Waals surface area contributed by atoms with Crippen molar-refractivity contribution in [3.8, 4) is 0 Å². The molecular weight excluding hydrogens is 188 g/mol. The summed E-state index contributed by atoms with van der Waals surface area (Å²) in [5.74, 6) is 0. The SMILES string of the molecule is COCCNCCN(C)C1CCCCC1. The molecule has 1 rings (SSSR count). The number of rotatable bonds is 7. The molecule has 0 aromatic rings. The largest absolute Gasteiger partial charge is 0.383 e. The van der Waals surface area contributed by atoms with E-state index in [9.17, 15) is 0 Å². The van der Waals surface area contributed by atoms with E-state index in [2.05, 4.69) is 17.3 Å². The van der Waals surface area contributed by atoms with Crippen LogP contribution in [0.3, 0.4) is 0 Å². The van der Waals surface area contributed by atoms with Crippen LogP contribution in [0.4, 0.5) is 0 Å². The standard InChI is InChI=1S/C12H26N2O/c1-14(10-8-13-9-11-15-2)12-6-4-3-5-7-12/h12-13H,3-11H2,1-2H3. The Labute approximate surface area is 94.2 Å². The maximum atomic E-state index is 4.99. The minimum atomic E-state index is 0.813. The first-order chi connectivity index (χ1) is 7.34. The second kappa shape index (κ2) is 8.08.